The highest BCUT2D eigenvalue weighted by Gasteiger charge is 2.08. The quantitative estimate of drug-likeness (QED) is 0.299. The van der Waals surface area contributed by atoms with Crippen molar-refractivity contribution in [1.29, 1.82) is 0 Å². The predicted molar refractivity (Wildman–Crippen MR) is 126 cm³/mol. The van der Waals surface area contributed by atoms with Crippen LogP contribution < -0.4 is 10.3 Å². The molecule has 4 heteroatoms. The number of nitrogens with zero attached hydrogens (tertiary/aromatic N) is 2. The standard InChI is InChI=1S/C25H22ClN3/c1-29(2)20-15-14-19(24(26)16-20)17-27-28-25-13-6-5-11-23(25)22-12-7-9-18-8-3-4-10-21(18)22/h3-17,28H,1-2H3/b27-17+. The van der Waals surface area contributed by atoms with Crippen LogP contribution in [0.5, 0.6) is 0 Å². The Morgan fingerprint density at radius 3 is 2.38 bits per heavy atom. The van der Waals surface area contributed by atoms with Crippen molar-refractivity contribution in [3.05, 3.63) is 95.5 Å². The third-order valence-electron chi connectivity index (χ3n) is 4.90. The number of benzene rings is 4. The van der Waals surface area contributed by atoms with E-state index in [4.69, 9.17) is 11.6 Å². The largest absolute Gasteiger partial charge is 0.378 e. The second-order valence-electron chi connectivity index (χ2n) is 7.04. The van der Waals surface area contributed by atoms with E-state index in [9.17, 15) is 0 Å². The van der Waals surface area contributed by atoms with Crippen molar-refractivity contribution >= 4 is 40.0 Å². The minimum atomic E-state index is 0.670. The number of fused-ring (bicyclic) bond motifs is 1. The molecule has 4 aromatic carbocycles. The van der Waals surface area contributed by atoms with E-state index in [1.165, 1.54) is 16.3 Å². The van der Waals surface area contributed by atoms with Crippen LogP contribution in [0.1, 0.15) is 5.56 Å². The Labute approximate surface area is 176 Å². The topological polar surface area (TPSA) is 27.6 Å². The number of halogens is 1. The number of hydrogen-bond donors (Lipinski definition) is 1. The first-order chi connectivity index (χ1) is 14.1. The van der Waals surface area contributed by atoms with Gasteiger partial charge in [0.2, 0.25) is 0 Å². The molecule has 4 rings (SSSR count). The Balaban J connectivity index is 1.64. The Bertz CT molecular complexity index is 1180. The summed E-state index contributed by atoms with van der Waals surface area (Å²) >= 11 is 6.40. The molecule has 0 saturated carbocycles. The van der Waals surface area contributed by atoms with Gasteiger partial charge in [0.05, 0.1) is 16.9 Å². The van der Waals surface area contributed by atoms with E-state index in [0.29, 0.717) is 5.02 Å². The van der Waals surface area contributed by atoms with Crippen LogP contribution in [0.4, 0.5) is 11.4 Å². The molecule has 1 N–H and O–H groups in total. The van der Waals surface area contributed by atoms with E-state index < -0.39 is 0 Å². The lowest BCUT2D eigenvalue weighted by atomic mass is 9.97. The molecule has 29 heavy (non-hydrogen) atoms. The van der Waals surface area contributed by atoms with Gasteiger partial charge >= 0.3 is 0 Å². The first-order valence-corrected chi connectivity index (χ1v) is 9.84. The van der Waals surface area contributed by atoms with Gasteiger partial charge in [-0.25, -0.2) is 0 Å². The first-order valence-electron chi connectivity index (χ1n) is 9.46. The lowest BCUT2D eigenvalue weighted by molar-refractivity contribution is 1.13. The molecular formula is C25H22ClN3. The van der Waals surface area contributed by atoms with Crippen LogP contribution in [0.2, 0.25) is 5.02 Å². The maximum atomic E-state index is 6.40. The van der Waals surface area contributed by atoms with Gasteiger partial charge in [-0.3, -0.25) is 5.43 Å². The number of hydrazone groups is 1. The van der Waals surface area contributed by atoms with E-state index in [2.05, 4.69) is 59.1 Å². The number of anilines is 2. The number of hydrogen-bond acceptors (Lipinski definition) is 3. The van der Waals surface area contributed by atoms with Crippen molar-refractivity contribution in [2.24, 2.45) is 5.10 Å². The molecule has 0 aromatic heterocycles. The number of nitrogens with one attached hydrogen (secondary N) is 1. The predicted octanol–water partition coefficient (Wildman–Crippen LogP) is 6.67. The molecule has 0 unspecified atom stereocenters. The van der Waals surface area contributed by atoms with Crippen LogP contribution in [0, 0.1) is 0 Å². The zero-order valence-electron chi connectivity index (χ0n) is 16.4. The number of rotatable bonds is 5. The van der Waals surface area contributed by atoms with Gasteiger partial charge in [-0.2, -0.15) is 5.10 Å². The molecule has 144 valence electrons. The fourth-order valence-corrected chi connectivity index (χ4v) is 3.57. The van der Waals surface area contributed by atoms with Gasteiger partial charge in [0.1, 0.15) is 0 Å². The van der Waals surface area contributed by atoms with Crippen LogP contribution in [0.3, 0.4) is 0 Å². The van der Waals surface area contributed by atoms with Crippen molar-refractivity contribution in [3.8, 4) is 11.1 Å². The van der Waals surface area contributed by atoms with Crippen LogP contribution >= 0.6 is 11.6 Å². The van der Waals surface area contributed by atoms with E-state index in [-0.39, 0.29) is 0 Å². The summed E-state index contributed by atoms with van der Waals surface area (Å²) in [6.07, 6.45) is 1.75. The second-order valence-corrected chi connectivity index (χ2v) is 7.45. The maximum Gasteiger partial charge on any atom is 0.0640 e. The highest BCUT2D eigenvalue weighted by molar-refractivity contribution is 6.33. The Hall–Kier alpha value is -3.30. The molecule has 0 aliphatic rings. The molecule has 0 spiro atoms. The third-order valence-corrected chi connectivity index (χ3v) is 5.22. The molecule has 0 amide bonds. The van der Waals surface area contributed by atoms with E-state index in [1.54, 1.807) is 6.21 Å². The van der Waals surface area contributed by atoms with Crippen molar-refractivity contribution in [1.82, 2.24) is 0 Å². The molecule has 0 radical (unpaired) electrons. The Morgan fingerprint density at radius 2 is 1.55 bits per heavy atom. The second kappa shape index (κ2) is 8.38. The summed E-state index contributed by atoms with van der Waals surface area (Å²) in [4.78, 5) is 2.02. The fourth-order valence-electron chi connectivity index (χ4n) is 3.35. The van der Waals surface area contributed by atoms with E-state index in [1.807, 2.05) is 55.4 Å². The van der Waals surface area contributed by atoms with Gasteiger partial charge in [-0.05, 0) is 40.6 Å². The van der Waals surface area contributed by atoms with Crippen LogP contribution in [-0.2, 0) is 0 Å². The Morgan fingerprint density at radius 1 is 0.828 bits per heavy atom. The van der Waals surface area contributed by atoms with Gasteiger partial charge in [0, 0.05) is 30.9 Å². The van der Waals surface area contributed by atoms with E-state index >= 15 is 0 Å². The summed E-state index contributed by atoms with van der Waals surface area (Å²) < 4.78 is 0. The molecular weight excluding hydrogens is 378 g/mol. The molecule has 3 nitrogen and oxygen atoms in total. The molecule has 0 atom stereocenters. The van der Waals surface area contributed by atoms with Crippen LogP contribution in [0.25, 0.3) is 21.9 Å². The lowest BCUT2D eigenvalue weighted by Gasteiger charge is -2.13. The highest BCUT2D eigenvalue weighted by atomic mass is 35.5. The van der Waals surface area contributed by atoms with Crippen LogP contribution in [-0.4, -0.2) is 20.3 Å². The molecule has 0 bridgehead atoms. The smallest absolute Gasteiger partial charge is 0.0640 e. The molecule has 0 saturated heterocycles. The van der Waals surface area contributed by atoms with Crippen molar-refractivity contribution < 1.29 is 0 Å². The number of para-hydroxylation sites is 1. The lowest BCUT2D eigenvalue weighted by Crippen LogP contribution is -2.08. The first kappa shape index (κ1) is 19.0. The summed E-state index contributed by atoms with van der Waals surface area (Å²) in [6, 6.07) is 28.9. The SMILES string of the molecule is CN(C)c1ccc(/C=N/Nc2ccccc2-c2cccc3ccccc23)c(Cl)c1. The van der Waals surface area contributed by atoms with Crippen molar-refractivity contribution in [2.75, 3.05) is 24.4 Å². The van der Waals surface area contributed by atoms with Gasteiger partial charge in [-0.15, -0.1) is 0 Å². The average Bonchev–Trinajstić information content (AvgIpc) is 2.75. The molecule has 0 aliphatic heterocycles. The van der Waals surface area contributed by atoms with E-state index in [0.717, 1.165) is 22.5 Å². The molecule has 0 fully saturated rings. The summed E-state index contributed by atoms with van der Waals surface area (Å²) in [5.74, 6) is 0. The third kappa shape index (κ3) is 4.10. The van der Waals surface area contributed by atoms with Gasteiger partial charge in [0.25, 0.3) is 0 Å². The van der Waals surface area contributed by atoms with Crippen LogP contribution in [0.15, 0.2) is 90.0 Å². The average molecular weight is 400 g/mol. The molecule has 4 aromatic rings. The summed E-state index contributed by atoms with van der Waals surface area (Å²) in [7, 11) is 3.98. The zero-order valence-corrected chi connectivity index (χ0v) is 17.2. The Kier molecular flexibility index (Phi) is 5.50. The minimum Gasteiger partial charge on any atom is -0.378 e. The molecule has 0 aliphatic carbocycles. The van der Waals surface area contributed by atoms with Gasteiger partial charge in [-0.1, -0.05) is 72.3 Å². The fraction of sp³-hybridized carbons (Fsp3) is 0.0800. The monoisotopic (exact) mass is 399 g/mol. The van der Waals surface area contributed by atoms with Crippen molar-refractivity contribution in [2.45, 2.75) is 0 Å². The summed E-state index contributed by atoms with van der Waals surface area (Å²) in [6.45, 7) is 0. The zero-order chi connectivity index (χ0) is 20.2. The van der Waals surface area contributed by atoms with Gasteiger partial charge < -0.3 is 4.90 Å². The summed E-state index contributed by atoms with van der Waals surface area (Å²) in [5.41, 5.74) is 8.34. The maximum absolute atomic E-state index is 6.40. The minimum absolute atomic E-state index is 0.670. The van der Waals surface area contributed by atoms with Crippen molar-refractivity contribution in [3.63, 3.8) is 0 Å². The van der Waals surface area contributed by atoms with Gasteiger partial charge in [0.15, 0.2) is 0 Å². The summed E-state index contributed by atoms with van der Waals surface area (Å²) in [5, 5.41) is 7.55. The molecule has 0 heterocycles. The normalized spacial score (nSPS) is 11.1. The highest BCUT2D eigenvalue weighted by Crippen LogP contribution is 2.33.